The highest BCUT2D eigenvalue weighted by atomic mass is 32.2. The molecule has 0 aromatic heterocycles. The number of anilines is 1. The van der Waals surface area contributed by atoms with Crippen LogP contribution in [-0.4, -0.2) is 14.5 Å². The predicted molar refractivity (Wildman–Crippen MR) is 78.2 cm³/mol. The summed E-state index contributed by atoms with van der Waals surface area (Å²) in [5.41, 5.74) is 7.52. The van der Waals surface area contributed by atoms with Crippen LogP contribution >= 0.6 is 0 Å². The van der Waals surface area contributed by atoms with Gasteiger partial charge in [-0.05, 0) is 31.4 Å². The van der Waals surface area contributed by atoms with Crippen LogP contribution in [0, 0.1) is 26.2 Å². The number of aryl methyl sites for hydroxylation is 2. The van der Waals surface area contributed by atoms with Crippen LogP contribution in [0.15, 0.2) is 17.0 Å². The van der Waals surface area contributed by atoms with Gasteiger partial charge in [0.25, 0.3) is 0 Å². The van der Waals surface area contributed by atoms with E-state index in [1.807, 2.05) is 6.92 Å². The summed E-state index contributed by atoms with van der Waals surface area (Å²) in [6.45, 7) is 5.44. The fourth-order valence-electron chi connectivity index (χ4n) is 1.87. The quantitative estimate of drug-likeness (QED) is 0.640. The summed E-state index contributed by atoms with van der Waals surface area (Å²) in [6, 6.07) is 3.04. The third kappa shape index (κ3) is 3.49. The molecule has 104 valence electrons. The fraction of sp³-hybridized carbons (Fsp3) is 0.429. The first-order valence-corrected chi connectivity index (χ1v) is 7.66. The van der Waals surface area contributed by atoms with Crippen LogP contribution in [0.1, 0.15) is 30.9 Å². The monoisotopic (exact) mass is 280 g/mol. The topological polar surface area (TPSA) is 72.2 Å². The zero-order chi connectivity index (χ0) is 14.6. The highest BCUT2D eigenvalue weighted by Gasteiger charge is 2.23. The SMILES string of the molecule is C#CC(CCC)NS(=O)(=O)c1c(C)ccc(C)c1N. The van der Waals surface area contributed by atoms with Crippen molar-refractivity contribution in [3.63, 3.8) is 0 Å². The van der Waals surface area contributed by atoms with Crippen molar-refractivity contribution in [2.75, 3.05) is 5.73 Å². The molecule has 0 fully saturated rings. The van der Waals surface area contributed by atoms with Crippen molar-refractivity contribution in [3.8, 4) is 12.3 Å². The van der Waals surface area contributed by atoms with Gasteiger partial charge in [0, 0.05) is 0 Å². The molecule has 0 radical (unpaired) electrons. The van der Waals surface area contributed by atoms with Gasteiger partial charge in [-0.25, -0.2) is 8.42 Å². The molecule has 1 aromatic rings. The number of benzene rings is 1. The van der Waals surface area contributed by atoms with Gasteiger partial charge in [-0.3, -0.25) is 0 Å². The molecule has 0 amide bonds. The van der Waals surface area contributed by atoms with Crippen LogP contribution in [-0.2, 0) is 10.0 Å². The van der Waals surface area contributed by atoms with E-state index in [2.05, 4.69) is 10.6 Å². The van der Waals surface area contributed by atoms with Crippen LogP contribution in [0.2, 0.25) is 0 Å². The fourth-order valence-corrected chi connectivity index (χ4v) is 3.50. The lowest BCUT2D eigenvalue weighted by atomic mass is 10.1. The number of nitrogen functional groups attached to an aromatic ring is 1. The van der Waals surface area contributed by atoms with E-state index in [0.717, 1.165) is 12.0 Å². The average molecular weight is 280 g/mol. The number of sulfonamides is 1. The maximum atomic E-state index is 12.4. The van der Waals surface area contributed by atoms with Gasteiger partial charge in [0.05, 0.1) is 11.7 Å². The summed E-state index contributed by atoms with van der Waals surface area (Å²) >= 11 is 0. The van der Waals surface area contributed by atoms with E-state index in [4.69, 9.17) is 12.2 Å². The van der Waals surface area contributed by atoms with Crippen molar-refractivity contribution < 1.29 is 8.42 Å². The van der Waals surface area contributed by atoms with E-state index in [9.17, 15) is 8.42 Å². The summed E-state index contributed by atoms with van der Waals surface area (Å²) < 4.78 is 27.3. The maximum absolute atomic E-state index is 12.4. The molecule has 0 aliphatic carbocycles. The molecule has 5 heteroatoms. The summed E-state index contributed by atoms with van der Waals surface area (Å²) in [5, 5.41) is 0. The third-order valence-corrected chi connectivity index (χ3v) is 4.63. The molecule has 19 heavy (non-hydrogen) atoms. The molecule has 0 saturated carbocycles. The first-order chi connectivity index (χ1) is 8.83. The second-order valence-corrected chi connectivity index (χ2v) is 6.22. The standard InChI is InChI=1S/C14H20N2O2S/c1-5-7-12(6-2)16-19(17,18)14-11(4)9-8-10(3)13(14)15/h2,8-9,12,16H,5,7,15H2,1,3-4H3. The zero-order valence-corrected chi connectivity index (χ0v) is 12.3. The Balaban J connectivity index is 3.22. The second-order valence-electron chi connectivity index (χ2n) is 4.57. The van der Waals surface area contributed by atoms with Crippen molar-refractivity contribution in [2.24, 2.45) is 0 Å². The van der Waals surface area contributed by atoms with E-state index in [0.29, 0.717) is 12.0 Å². The van der Waals surface area contributed by atoms with E-state index >= 15 is 0 Å². The van der Waals surface area contributed by atoms with Crippen molar-refractivity contribution in [1.29, 1.82) is 0 Å². The molecule has 0 aliphatic heterocycles. The van der Waals surface area contributed by atoms with Gasteiger partial charge in [-0.15, -0.1) is 6.42 Å². The van der Waals surface area contributed by atoms with Gasteiger partial charge >= 0.3 is 0 Å². The minimum atomic E-state index is -3.70. The molecule has 0 saturated heterocycles. The Kier molecular flexibility index (Phi) is 4.98. The molecule has 0 spiro atoms. The van der Waals surface area contributed by atoms with Crippen LogP contribution in [0.25, 0.3) is 0 Å². The van der Waals surface area contributed by atoms with Crippen LogP contribution in [0.4, 0.5) is 5.69 Å². The maximum Gasteiger partial charge on any atom is 0.243 e. The predicted octanol–water partition coefficient (Wildman–Crippen LogP) is 1.97. The van der Waals surface area contributed by atoms with E-state index in [1.54, 1.807) is 26.0 Å². The van der Waals surface area contributed by atoms with Gasteiger partial charge in [0.2, 0.25) is 10.0 Å². The Hall–Kier alpha value is -1.51. The summed E-state index contributed by atoms with van der Waals surface area (Å²) in [5.74, 6) is 2.45. The molecule has 3 N–H and O–H groups in total. The molecular formula is C14H20N2O2S. The van der Waals surface area contributed by atoms with Crippen molar-refractivity contribution in [1.82, 2.24) is 4.72 Å². The lowest BCUT2D eigenvalue weighted by Crippen LogP contribution is -2.34. The number of hydrogen-bond donors (Lipinski definition) is 2. The Labute approximate surface area is 115 Å². The van der Waals surface area contributed by atoms with Crippen molar-refractivity contribution in [3.05, 3.63) is 23.3 Å². The van der Waals surface area contributed by atoms with Crippen LogP contribution in [0.5, 0.6) is 0 Å². The summed E-state index contributed by atoms with van der Waals surface area (Å²) in [7, 11) is -3.70. The van der Waals surface area contributed by atoms with Gasteiger partial charge in [0.15, 0.2) is 0 Å². The highest BCUT2D eigenvalue weighted by Crippen LogP contribution is 2.26. The van der Waals surface area contributed by atoms with Crippen LogP contribution < -0.4 is 10.5 Å². The molecule has 0 aliphatic rings. The minimum Gasteiger partial charge on any atom is -0.397 e. The Bertz CT molecular complexity index is 601. The van der Waals surface area contributed by atoms with Crippen molar-refractivity contribution in [2.45, 2.75) is 44.6 Å². The molecule has 1 rings (SSSR count). The first kappa shape index (κ1) is 15.5. The van der Waals surface area contributed by atoms with E-state index < -0.39 is 16.1 Å². The minimum absolute atomic E-state index is 0.129. The molecule has 0 bridgehead atoms. The number of hydrogen-bond acceptors (Lipinski definition) is 3. The molecule has 1 unspecified atom stereocenters. The smallest absolute Gasteiger partial charge is 0.243 e. The van der Waals surface area contributed by atoms with Crippen molar-refractivity contribution >= 4 is 15.7 Å². The molecular weight excluding hydrogens is 260 g/mol. The van der Waals surface area contributed by atoms with E-state index in [-0.39, 0.29) is 10.6 Å². The molecule has 1 atom stereocenters. The number of rotatable bonds is 5. The average Bonchev–Trinajstić information content (AvgIpc) is 2.33. The number of nitrogens with two attached hydrogens (primary N) is 1. The normalized spacial score (nSPS) is 12.9. The van der Waals surface area contributed by atoms with E-state index in [1.165, 1.54) is 0 Å². The Morgan fingerprint density at radius 3 is 2.47 bits per heavy atom. The highest BCUT2D eigenvalue weighted by molar-refractivity contribution is 7.89. The first-order valence-electron chi connectivity index (χ1n) is 6.17. The molecule has 1 aromatic carbocycles. The van der Waals surface area contributed by atoms with Gasteiger partial charge < -0.3 is 5.73 Å². The number of nitrogens with one attached hydrogen (secondary N) is 1. The summed E-state index contributed by atoms with van der Waals surface area (Å²) in [6.07, 6.45) is 6.74. The Morgan fingerprint density at radius 1 is 1.37 bits per heavy atom. The van der Waals surface area contributed by atoms with Gasteiger partial charge in [-0.2, -0.15) is 4.72 Å². The van der Waals surface area contributed by atoms with Gasteiger partial charge in [-0.1, -0.05) is 31.4 Å². The zero-order valence-electron chi connectivity index (χ0n) is 11.5. The lowest BCUT2D eigenvalue weighted by Gasteiger charge is -2.16. The third-order valence-electron chi connectivity index (χ3n) is 2.96. The van der Waals surface area contributed by atoms with Crippen LogP contribution in [0.3, 0.4) is 0 Å². The Morgan fingerprint density at radius 2 is 1.95 bits per heavy atom. The number of terminal acetylenes is 1. The lowest BCUT2D eigenvalue weighted by molar-refractivity contribution is 0.564. The van der Waals surface area contributed by atoms with Gasteiger partial charge in [0.1, 0.15) is 4.90 Å². The largest absolute Gasteiger partial charge is 0.397 e. The summed E-state index contributed by atoms with van der Waals surface area (Å²) in [4.78, 5) is 0.129. The molecule has 0 heterocycles. The second kappa shape index (κ2) is 6.09. The molecule has 4 nitrogen and oxygen atoms in total.